The minimum Gasteiger partial charge on any atom is -0.504 e. The first kappa shape index (κ1) is 14.3. The second-order valence-corrected chi connectivity index (χ2v) is 4.78. The third-order valence-electron chi connectivity index (χ3n) is 2.42. The highest BCUT2D eigenvalue weighted by Gasteiger charge is 2.08. The average molecular weight is 336 g/mol. The van der Waals surface area contributed by atoms with Crippen LogP contribution in [0, 0.1) is 0 Å². The zero-order chi connectivity index (χ0) is 14.4. The fraction of sp³-hybridized carbons (Fsp3) is 0.143. The molecule has 2 N–H and O–H groups in total. The number of phenolic OH excluding ortho intramolecular Hbond substituents is 1. The van der Waals surface area contributed by atoms with Gasteiger partial charge in [0.05, 0.1) is 12.8 Å². The molecule has 0 radical (unpaired) electrons. The molecule has 1 aromatic heterocycles. The van der Waals surface area contributed by atoms with Crippen LogP contribution in [0.1, 0.15) is 12.5 Å². The van der Waals surface area contributed by atoms with Crippen molar-refractivity contribution in [2.45, 2.75) is 6.92 Å². The number of rotatable bonds is 5. The molecule has 20 heavy (non-hydrogen) atoms. The molecule has 1 aromatic carbocycles. The number of benzene rings is 1. The molecule has 0 saturated carbocycles. The van der Waals surface area contributed by atoms with Gasteiger partial charge >= 0.3 is 0 Å². The number of aromatic nitrogens is 1. The minimum atomic E-state index is 0.0571. The lowest BCUT2D eigenvalue weighted by Gasteiger charge is -2.08. The molecule has 0 spiro atoms. The van der Waals surface area contributed by atoms with E-state index in [9.17, 15) is 5.11 Å². The van der Waals surface area contributed by atoms with Crippen molar-refractivity contribution in [2.75, 3.05) is 12.0 Å². The van der Waals surface area contributed by atoms with Crippen LogP contribution >= 0.6 is 15.9 Å². The van der Waals surface area contributed by atoms with Crippen LogP contribution in [0.2, 0.25) is 0 Å². The van der Waals surface area contributed by atoms with Crippen LogP contribution in [0.15, 0.2) is 46.1 Å². The van der Waals surface area contributed by atoms with Crippen molar-refractivity contribution in [2.24, 2.45) is 5.10 Å². The number of hydrazone groups is 1. The van der Waals surface area contributed by atoms with E-state index < -0.39 is 0 Å². The smallest absolute Gasteiger partial charge is 0.166 e. The Hall–Kier alpha value is -2.08. The van der Waals surface area contributed by atoms with Gasteiger partial charge in [-0.05, 0) is 31.2 Å². The van der Waals surface area contributed by atoms with Gasteiger partial charge in [-0.3, -0.25) is 5.43 Å². The van der Waals surface area contributed by atoms with Crippen molar-refractivity contribution < 1.29 is 9.84 Å². The van der Waals surface area contributed by atoms with Crippen LogP contribution < -0.4 is 10.2 Å². The molecule has 0 aliphatic heterocycles. The summed E-state index contributed by atoms with van der Waals surface area (Å²) in [5.41, 5.74) is 3.33. The fourth-order valence-electron chi connectivity index (χ4n) is 1.56. The molecule has 2 rings (SSSR count). The predicted octanol–water partition coefficient (Wildman–Crippen LogP) is 3.39. The molecule has 0 fully saturated rings. The third kappa shape index (κ3) is 3.71. The normalized spacial score (nSPS) is 10.7. The molecule has 6 heteroatoms. The summed E-state index contributed by atoms with van der Waals surface area (Å²) < 4.78 is 6.15. The average Bonchev–Trinajstić information content (AvgIpc) is 2.45. The summed E-state index contributed by atoms with van der Waals surface area (Å²) in [6, 6.07) is 8.94. The third-order valence-corrected chi connectivity index (χ3v) is 2.87. The zero-order valence-corrected chi connectivity index (χ0v) is 12.5. The quantitative estimate of drug-likeness (QED) is 0.649. The zero-order valence-electron chi connectivity index (χ0n) is 10.9. The van der Waals surface area contributed by atoms with Crippen molar-refractivity contribution in [3.05, 3.63) is 46.6 Å². The first-order valence-electron chi connectivity index (χ1n) is 6.06. The second-order valence-electron chi connectivity index (χ2n) is 3.86. The monoisotopic (exact) mass is 335 g/mol. The van der Waals surface area contributed by atoms with E-state index in [4.69, 9.17) is 4.74 Å². The molecule has 0 atom stereocenters. The Balaban J connectivity index is 2.16. The van der Waals surface area contributed by atoms with Gasteiger partial charge < -0.3 is 9.84 Å². The standard InChI is InChI=1S/C14H14BrN3O2/c1-2-20-12-8-11(15)7-10(14(12)19)9-17-18-13-5-3-4-6-16-13/h3-9,19H,2H2,1H3,(H,16,18)/b17-9+. The van der Waals surface area contributed by atoms with Gasteiger partial charge in [0, 0.05) is 16.2 Å². The molecule has 0 amide bonds. The van der Waals surface area contributed by atoms with E-state index >= 15 is 0 Å². The van der Waals surface area contributed by atoms with E-state index in [0.717, 1.165) is 4.47 Å². The number of halogens is 1. The lowest BCUT2D eigenvalue weighted by atomic mass is 10.2. The van der Waals surface area contributed by atoms with E-state index in [0.29, 0.717) is 23.7 Å². The van der Waals surface area contributed by atoms with Crippen LogP contribution in [-0.2, 0) is 0 Å². The van der Waals surface area contributed by atoms with E-state index in [1.54, 1.807) is 24.4 Å². The maximum Gasteiger partial charge on any atom is 0.166 e. The summed E-state index contributed by atoms with van der Waals surface area (Å²) in [6.45, 7) is 2.34. The minimum absolute atomic E-state index is 0.0571. The van der Waals surface area contributed by atoms with Crippen LogP contribution in [0.25, 0.3) is 0 Å². The van der Waals surface area contributed by atoms with E-state index in [-0.39, 0.29) is 5.75 Å². The molecular formula is C14H14BrN3O2. The topological polar surface area (TPSA) is 66.7 Å². The van der Waals surface area contributed by atoms with Gasteiger partial charge in [0.25, 0.3) is 0 Å². The molecule has 0 aliphatic carbocycles. The van der Waals surface area contributed by atoms with Gasteiger partial charge in [-0.15, -0.1) is 0 Å². The van der Waals surface area contributed by atoms with Crippen LogP contribution in [0.5, 0.6) is 11.5 Å². The van der Waals surface area contributed by atoms with E-state index in [1.807, 2.05) is 19.1 Å². The summed E-state index contributed by atoms with van der Waals surface area (Å²) in [5.74, 6) is 1.10. The number of ether oxygens (including phenoxy) is 1. The second kappa shape index (κ2) is 6.91. The van der Waals surface area contributed by atoms with Gasteiger partial charge in [0.2, 0.25) is 0 Å². The van der Waals surface area contributed by atoms with Gasteiger partial charge in [0.1, 0.15) is 5.82 Å². The Morgan fingerprint density at radius 2 is 2.30 bits per heavy atom. The molecule has 0 aliphatic rings. The Labute approximate surface area is 125 Å². The number of pyridine rings is 1. The highest BCUT2D eigenvalue weighted by molar-refractivity contribution is 9.10. The SMILES string of the molecule is CCOc1cc(Br)cc(/C=N/Nc2ccccn2)c1O. The number of aromatic hydroxyl groups is 1. The molecule has 1 heterocycles. The Morgan fingerprint density at radius 3 is 3.00 bits per heavy atom. The summed E-state index contributed by atoms with van der Waals surface area (Å²) in [6.07, 6.45) is 3.18. The summed E-state index contributed by atoms with van der Waals surface area (Å²) in [4.78, 5) is 4.08. The molecule has 2 aromatic rings. The maximum absolute atomic E-state index is 10.1. The van der Waals surface area contributed by atoms with Gasteiger partial charge in [-0.2, -0.15) is 5.10 Å². The number of nitrogens with zero attached hydrogens (tertiary/aromatic N) is 2. The van der Waals surface area contributed by atoms with Crippen molar-refractivity contribution in [3.8, 4) is 11.5 Å². The summed E-state index contributed by atoms with van der Waals surface area (Å²) in [5, 5.41) is 14.1. The molecule has 5 nitrogen and oxygen atoms in total. The number of phenols is 1. The largest absolute Gasteiger partial charge is 0.504 e. The summed E-state index contributed by atoms with van der Waals surface area (Å²) in [7, 11) is 0. The Kier molecular flexibility index (Phi) is 4.95. The number of anilines is 1. The van der Waals surface area contributed by atoms with Gasteiger partial charge in [-0.25, -0.2) is 4.98 Å². The highest BCUT2D eigenvalue weighted by Crippen LogP contribution is 2.32. The van der Waals surface area contributed by atoms with Gasteiger partial charge in [-0.1, -0.05) is 22.0 Å². The first-order chi connectivity index (χ1) is 9.70. The van der Waals surface area contributed by atoms with Crippen molar-refractivity contribution >= 4 is 28.0 Å². The predicted molar refractivity (Wildman–Crippen MR) is 82.4 cm³/mol. The Bertz CT molecular complexity index is 603. The lowest BCUT2D eigenvalue weighted by molar-refractivity contribution is 0.317. The molecule has 0 bridgehead atoms. The van der Waals surface area contributed by atoms with E-state index in [1.165, 1.54) is 6.21 Å². The first-order valence-corrected chi connectivity index (χ1v) is 6.85. The van der Waals surface area contributed by atoms with Crippen LogP contribution in [0.4, 0.5) is 5.82 Å². The van der Waals surface area contributed by atoms with Gasteiger partial charge in [0.15, 0.2) is 11.5 Å². The van der Waals surface area contributed by atoms with Crippen LogP contribution in [-0.4, -0.2) is 22.9 Å². The Morgan fingerprint density at radius 1 is 1.45 bits per heavy atom. The van der Waals surface area contributed by atoms with E-state index in [2.05, 4.69) is 31.4 Å². The molecule has 0 saturated heterocycles. The molecule has 104 valence electrons. The highest BCUT2D eigenvalue weighted by atomic mass is 79.9. The van der Waals surface area contributed by atoms with Crippen molar-refractivity contribution in [1.29, 1.82) is 0 Å². The number of hydrogen-bond acceptors (Lipinski definition) is 5. The number of hydrogen-bond donors (Lipinski definition) is 2. The van der Waals surface area contributed by atoms with Crippen molar-refractivity contribution in [1.82, 2.24) is 4.98 Å². The fourth-order valence-corrected chi connectivity index (χ4v) is 2.01. The molecule has 0 unspecified atom stereocenters. The summed E-state index contributed by atoms with van der Waals surface area (Å²) >= 11 is 3.37. The molecular weight excluding hydrogens is 322 g/mol. The van der Waals surface area contributed by atoms with Crippen LogP contribution in [0.3, 0.4) is 0 Å². The maximum atomic E-state index is 10.1. The van der Waals surface area contributed by atoms with Crippen molar-refractivity contribution in [3.63, 3.8) is 0 Å². The number of nitrogens with one attached hydrogen (secondary N) is 1. The lowest BCUT2D eigenvalue weighted by Crippen LogP contribution is -1.96.